The molecule has 11 nitrogen and oxygen atoms in total. The lowest BCUT2D eigenvalue weighted by atomic mass is 9.80. The molecule has 13 heteroatoms. The molecule has 1 amide bonds. The van der Waals surface area contributed by atoms with Crippen LogP contribution in [0.1, 0.15) is 16.7 Å². The van der Waals surface area contributed by atoms with Gasteiger partial charge in [0, 0.05) is 73.0 Å². The molecule has 0 N–H and O–H groups in total. The highest BCUT2D eigenvalue weighted by atomic mass is 35.5. The minimum Gasteiger partial charge on any atom is -0.497 e. The number of aromatic nitrogens is 1. The van der Waals surface area contributed by atoms with E-state index in [0.29, 0.717) is 60.4 Å². The van der Waals surface area contributed by atoms with Gasteiger partial charge in [-0.1, -0.05) is 17.7 Å². The molecular weight excluding hydrogens is 654 g/mol. The highest BCUT2D eigenvalue weighted by Crippen LogP contribution is 2.54. The first kappa shape index (κ1) is 33.5. The van der Waals surface area contributed by atoms with Gasteiger partial charge in [-0.05, 0) is 74.3 Å². The fourth-order valence-electron chi connectivity index (χ4n) is 6.76. The quantitative estimate of drug-likeness (QED) is 0.234. The summed E-state index contributed by atoms with van der Waals surface area (Å²) in [6.45, 7) is 2.60. The Kier molecular flexibility index (Phi) is 9.27. The number of carbonyl (C=O) groups is 1. The predicted molar refractivity (Wildman–Crippen MR) is 185 cm³/mol. The van der Waals surface area contributed by atoms with E-state index in [9.17, 15) is 8.42 Å². The van der Waals surface area contributed by atoms with Crippen molar-refractivity contribution in [3.8, 4) is 17.2 Å². The van der Waals surface area contributed by atoms with E-state index >= 15 is 4.79 Å². The van der Waals surface area contributed by atoms with Crippen molar-refractivity contribution in [1.29, 1.82) is 0 Å². The summed E-state index contributed by atoms with van der Waals surface area (Å²) in [6.07, 6.45) is 3.50. The molecule has 1 unspecified atom stereocenters. The average molecular weight is 692 g/mol. The lowest BCUT2D eigenvalue weighted by Gasteiger charge is -2.46. The first-order chi connectivity index (χ1) is 23.1. The normalized spacial score (nSPS) is 18.3. The first-order valence-electron chi connectivity index (χ1n) is 15.4. The number of methoxy groups -OCH3 is 3. The predicted octanol–water partition coefficient (Wildman–Crippen LogP) is 4.62. The van der Waals surface area contributed by atoms with E-state index in [1.165, 1.54) is 32.4 Å². The third-order valence-corrected chi connectivity index (χ3v) is 10.9. The topological polar surface area (TPSA) is 105 Å². The van der Waals surface area contributed by atoms with Crippen LogP contribution in [0.2, 0.25) is 5.02 Å². The third-order valence-electron chi connectivity index (χ3n) is 8.88. The van der Waals surface area contributed by atoms with Gasteiger partial charge in [0.05, 0.1) is 27.0 Å². The van der Waals surface area contributed by atoms with Crippen LogP contribution in [0.3, 0.4) is 0 Å². The number of sulfonamides is 1. The Morgan fingerprint density at radius 2 is 1.54 bits per heavy atom. The maximum Gasteiger partial charge on any atom is 0.274 e. The number of anilines is 2. The molecule has 2 aliphatic rings. The summed E-state index contributed by atoms with van der Waals surface area (Å²) in [5.74, 6) is 0.256. The van der Waals surface area contributed by atoms with E-state index in [4.69, 9.17) is 25.8 Å². The number of benzene rings is 3. The maximum absolute atomic E-state index is 15.5. The molecule has 1 fully saturated rings. The molecule has 0 aliphatic carbocycles. The molecule has 0 saturated carbocycles. The second kappa shape index (κ2) is 13.3. The van der Waals surface area contributed by atoms with Gasteiger partial charge in [-0.2, -0.15) is 0 Å². The number of hydrogen-bond acceptors (Lipinski definition) is 10. The standard InChI is InChI=1S/C35H38ClN5O6S/c1-38(2)23-24-6-10-31(46-4)29(20-24)35(40-18-16-39(17-19-40)26-12-14-37-15-13-26)28-21-25(36)7-9-30(28)41(34(35)42)48(43,44)33-11-8-27(45-3)22-32(33)47-5/h6-15,20-22H,16-19,23H2,1-5H3. The molecule has 4 aromatic rings. The highest BCUT2D eigenvalue weighted by molar-refractivity contribution is 7.93. The van der Waals surface area contributed by atoms with Crippen molar-refractivity contribution in [3.05, 3.63) is 101 Å². The van der Waals surface area contributed by atoms with Crippen molar-refractivity contribution >= 4 is 38.9 Å². The second-order valence-electron chi connectivity index (χ2n) is 11.9. The molecule has 0 spiro atoms. The molecular formula is C35H38ClN5O6S. The van der Waals surface area contributed by atoms with Crippen LogP contribution in [0.25, 0.3) is 0 Å². The zero-order valence-electron chi connectivity index (χ0n) is 27.5. The van der Waals surface area contributed by atoms with E-state index in [0.717, 1.165) is 15.6 Å². The van der Waals surface area contributed by atoms with Gasteiger partial charge in [-0.3, -0.25) is 14.7 Å². The maximum atomic E-state index is 15.5. The Morgan fingerprint density at radius 3 is 2.19 bits per heavy atom. The average Bonchev–Trinajstić information content (AvgIpc) is 3.36. The molecule has 6 rings (SSSR count). The van der Waals surface area contributed by atoms with Crippen LogP contribution in [0.5, 0.6) is 17.2 Å². The summed E-state index contributed by atoms with van der Waals surface area (Å²) in [5, 5.41) is 0.367. The summed E-state index contributed by atoms with van der Waals surface area (Å²) >= 11 is 6.68. The second-order valence-corrected chi connectivity index (χ2v) is 14.1. The van der Waals surface area contributed by atoms with Crippen LogP contribution in [-0.4, -0.2) is 90.7 Å². The largest absolute Gasteiger partial charge is 0.497 e. The number of pyridine rings is 1. The Hall–Kier alpha value is -4.36. The Morgan fingerprint density at radius 1 is 0.833 bits per heavy atom. The molecule has 252 valence electrons. The number of piperazine rings is 1. The third kappa shape index (κ3) is 5.62. The van der Waals surface area contributed by atoms with Gasteiger partial charge in [-0.15, -0.1) is 0 Å². The molecule has 3 heterocycles. The van der Waals surface area contributed by atoms with Gasteiger partial charge in [-0.25, -0.2) is 12.7 Å². The minimum atomic E-state index is -4.53. The van der Waals surface area contributed by atoms with E-state index in [1.807, 2.05) is 49.3 Å². The SMILES string of the molecule is COc1ccc(S(=O)(=O)N2C(=O)C(c3cc(CN(C)C)ccc3OC)(N3CCN(c4ccncc4)CC3)c3cc(Cl)ccc32)c(OC)c1. The Labute approximate surface area is 286 Å². The fourth-order valence-corrected chi connectivity index (χ4v) is 8.54. The number of nitrogens with zero attached hydrogens (tertiary/aromatic N) is 5. The zero-order chi connectivity index (χ0) is 34.2. The lowest BCUT2D eigenvalue weighted by molar-refractivity contribution is -0.127. The number of amides is 1. The molecule has 0 radical (unpaired) electrons. The molecule has 2 aliphatic heterocycles. The van der Waals surface area contributed by atoms with Gasteiger partial charge in [0.1, 0.15) is 22.1 Å². The van der Waals surface area contributed by atoms with Gasteiger partial charge < -0.3 is 24.0 Å². The van der Waals surface area contributed by atoms with Crippen molar-refractivity contribution in [2.75, 3.05) is 70.8 Å². The lowest BCUT2D eigenvalue weighted by Crippen LogP contribution is -2.60. The Bertz CT molecular complexity index is 1940. The summed E-state index contributed by atoms with van der Waals surface area (Å²) < 4.78 is 47.2. The van der Waals surface area contributed by atoms with Crippen LogP contribution in [-0.2, 0) is 26.9 Å². The van der Waals surface area contributed by atoms with Crippen LogP contribution in [0.4, 0.5) is 11.4 Å². The number of rotatable bonds is 10. The van der Waals surface area contributed by atoms with Crippen molar-refractivity contribution < 1.29 is 27.4 Å². The summed E-state index contributed by atoms with van der Waals surface area (Å²) in [6, 6.07) is 18.9. The first-order valence-corrected chi connectivity index (χ1v) is 17.2. The number of ether oxygens (including phenoxy) is 3. The smallest absolute Gasteiger partial charge is 0.274 e. The molecule has 1 aromatic heterocycles. The van der Waals surface area contributed by atoms with Gasteiger partial charge in [0.15, 0.2) is 5.54 Å². The van der Waals surface area contributed by atoms with E-state index in [1.54, 1.807) is 37.7 Å². The number of carbonyl (C=O) groups excluding carboxylic acids is 1. The van der Waals surface area contributed by atoms with Crippen LogP contribution in [0, 0.1) is 0 Å². The zero-order valence-corrected chi connectivity index (χ0v) is 29.1. The Balaban J connectivity index is 1.59. The highest BCUT2D eigenvalue weighted by Gasteiger charge is 2.61. The van der Waals surface area contributed by atoms with Crippen LogP contribution in [0.15, 0.2) is 84.0 Å². The summed E-state index contributed by atoms with van der Waals surface area (Å²) in [5.41, 5.74) is 1.54. The summed E-state index contributed by atoms with van der Waals surface area (Å²) in [4.78, 5) is 25.8. The molecule has 3 aromatic carbocycles. The van der Waals surface area contributed by atoms with Gasteiger partial charge >= 0.3 is 0 Å². The van der Waals surface area contributed by atoms with Gasteiger partial charge in [0.25, 0.3) is 15.9 Å². The van der Waals surface area contributed by atoms with Gasteiger partial charge in [0.2, 0.25) is 0 Å². The molecule has 1 atom stereocenters. The van der Waals surface area contributed by atoms with Crippen molar-refractivity contribution in [2.45, 2.75) is 17.0 Å². The minimum absolute atomic E-state index is 0.0479. The van der Waals surface area contributed by atoms with Crippen molar-refractivity contribution in [2.24, 2.45) is 0 Å². The van der Waals surface area contributed by atoms with E-state index in [2.05, 4.69) is 14.8 Å². The molecule has 1 saturated heterocycles. The summed E-state index contributed by atoms with van der Waals surface area (Å²) in [7, 11) is 3.80. The van der Waals surface area contributed by atoms with E-state index < -0.39 is 21.5 Å². The number of hydrogen-bond donors (Lipinski definition) is 0. The number of fused-ring (bicyclic) bond motifs is 1. The fraction of sp³-hybridized carbons (Fsp3) is 0.314. The van der Waals surface area contributed by atoms with Crippen LogP contribution < -0.4 is 23.4 Å². The number of halogens is 1. The van der Waals surface area contributed by atoms with Crippen LogP contribution >= 0.6 is 11.6 Å². The molecule has 0 bridgehead atoms. The molecule has 48 heavy (non-hydrogen) atoms. The van der Waals surface area contributed by atoms with Crippen molar-refractivity contribution in [3.63, 3.8) is 0 Å². The van der Waals surface area contributed by atoms with E-state index in [-0.39, 0.29) is 16.3 Å². The monoisotopic (exact) mass is 691 g/mol. The van der Waals surface area contributed by atoms with Crippen molar-refractivity contribution in [1.82, 2.24) is 14.8 Å².